The number of nitrogens with zero attached hydrogens (tertiary/aromatic N) is 1. The van der Waals surface area contributed by atoms with Gasteiger partial charge in [-0.25, -0.2) is 0 Å². The van der Waals surface area contributed by atoms with E-state index < -0.39 is 4.92 Å². The fourth-order valence-corrected chi connectivity index (χ4v) is 0.981. The van der Waals surface area contributed by atoms with Gasteiger partial charge in [-0.1, -0.05) is 6.92 Å². The van der Waals surface area contributed by atoms with Gasteiger partial charge in [-0.3, -0.25) is 10.1 Å². The Morgan fingerprint density at radius 3 is 2.86 bits per heavy atom. The molecule has 76 valence electrons. The van der Waals surface area contributed by atoms with E-state index >= 15 is 0 Å². The summed E-state index contributed by atoms with van der Waals surface area (Å²) < 4.78 is 5.13. The van der Waals surface area contributed by atoms with E-state index in [-0.39, 0.29) is 17.2 Å². The highest BCUT2D eigenvalue weighted by molar-refractivity contribution is 5.50. The number of benzene rings is 1. The summed E-state index contributed by atoms with van der Waals surface area (Å²) in [7, 11) is 0. The maximum Gasteiger partial charge on any atom is 0.311 e. The Morgan fingerprint density at radius 1 is 1.57 bits per heavy atom. The molecule has 0 spiro atoms. The van der Waals surface area contributed by atoms with Gasteiger partial charge in [-0.05, 0) is 12.5 Å². The highest BCUT2D eigenvalue weighted by Crippen LogP contribution is 2.30. The zero-order valence-corrected chi connectivity index (χ0v) is 7.77. The van der Waals surface area contributed by atoms with E-state index in [9.17, 15) is 10.1 Å². The van der Waals surface area contributed by atoms with Gasteiger partial charge in [-0.2, -0.15) is 0 Å². The molecule has 5 nitrogen and oxygen atoms in total. The number of aromatic hydroxyl groups is 1. The van der Waals surface area contributed by atoms with Gasteiger partial charge in [0.05, 0.1) is 11.5 Å². The lowest BCUT2D eigenvalue weighted by Crippen LogP contribution is -1.98. The van der Waals surface area contributed by atoms with Crippen LogP contribution in [-0.2, 0) is 0 Å². The maximum absolute atomic E-state index is 10.5. The molecule has 0 radical (unpaired) electrons. The molecule has 0 heterocycles. The molecule has 0 atom stereocenters. The normalized spacial score (nSPS) is 9.79. The van der Waals surface area contributed by atoms with Gasteiger partial charge in [0.25, 0.3) is 0 Å². The average molecular weight is 197 g/mol. The van der Waals surface area contributed by atoms with Crippen LogP contribution in [0, 0.1) is 10.1 Å². The van der Waals surface area contributed by atoms with E-state index in [1.54, 1.807) is 0 Å². The van der Waals surface area contributed by atoms with E-state index in [2.05, 4.69) is 0 Å². The summed E-state index contributed by atoms with van der Waals surface area (Å²) in [6.45, 7) is 2.29. The van der Waals surface area contributed by atoms with Gasteiger partial charge in [0.15, 0.2) is 0 Å². The van der Waals surface area contributed by atoms with Crippen molar-refractivity contribution in [3.05, 3.63) is 28.3 Å². The maximum atomic E-state index is 10.5. The van der Waals surface area contributed by atoms with Crippen molar-refractivity contribution in [1.82, 2.24) is 0 Å². The molecule has 5 heteroatoms. The first-order chi connectivity index (χ1) is 6.65. The molecule has 0 aliphatic rings. The van der Waals surface area contributed by atoms with Gasteiger partial charge in [0.1, 0.15) is 5.75 Å². The Kier molecular flexibility index (Phi) is 3.28. The van der Waals surface area contributed by atoms with Crippen molar-refractivity contribution in [1.29, 1.82) is 0 Å². The third-order valence-corrected chi connectivity index (χ3v) is 1.60. The molecule has 0 bridgehead atoms. The quantitative estimate of drug-likeness (QED) is 0.592. The van der Waals surface area contributed by atoms with Crippen LogP contribution in [0.4, 0.5) is 5.69 Å². The van der Waals surface area contributed by atoms with Crippen molar-refractivity contribution in [3.8, 4) is 11.5 Å². The van der Waals surface area contributed by atoms with Crippen molar-refractivity contribution in [3.63, 3.8) is 0 Å². The summed E-state index contributed by atoms with van der Waals surface area (Å²) in [6, 6.07) is 3.73. The minimum atomic E-state index is -0.537. The summed E-state index contributed by atoms with van der Waals surface area (Å²) >= 11 is 0. The van der Waals surface area contributed by atoms with Crippen LogP contribution >= 0.6 is 0 Å². The Hall–Kier alpha value is -1.78. The molecule has 0 aliphatic heterocycles. The summed E-state index contributed by atoms with van der Waals surface area (Å²) in [6.07, 6.45) is 0.757. The first-order valence-corrected chi connectivity index (χ1v) is 4.25. The molecule has 14 heavy (non-hydrogen) atoms. The Labute approximate surface area is 81.1 Å². The lowest BCUT2D eigenvalue weighted by molar-refractivity contribution is -0.385. The monoisotopic (exact) mass is 197 g/mol. The fraction of sp³-hybridized carbons (Fsp3) is 0.333. The van der Waals surface area contributed by atoms with E-state index in [0.717, 1.165) is 6.42 Å². The van der Waals surface area contributed by atoms with Crippen LogP contribution in [-0.4, -0.2) is 16.6 Å². The van der Waals surface area contributed by atoms with Crippen molar-refractivity contribution in [2.24, 2.45) is 0 Å². The molecule has 0 fully saturated rings. The lowest BCUT2D eigenvalue weighted by atomic mass is 10.3. The summed E-state index contributed by atoms with van der Waals surface area (Å²) in [5, 5.41) is 19.7. The summed E-state index contributed by atoms with van der Waals surface area (Å²) in [5.74, 6) is 0.0681. The number of ether oxygens (including phenoxy) is 1. The number of phenols is 1. The molecular formula is C9H11NO4. The zero-order chi connectivity index (χ0) is 10.6. The number of nitro benzene ring substituents is 1. The van der Waals surface area contributed by atoms with Crippen LogP contribution in [0.5, 0.6) is 11.5 Å². The molecule has 0 unspecified atom stereocenters. The fourth-order valence-electron chi connectivity index (χ4n) is 0.981. The van der Waals surface area contributed by atoms with Crippen molar-refractivity contribution < 1.29 is 14.8 Å². The number of nitro groups is 1. The van der Waals surface area contributed by atoms with Crippen molar-refractivity contribution in [2.75, 3.05) is 6.61 Å². The number of hydrogen-bond donors (Lipinski definition) is 1. The molecule has 0 saturated heterocycles. The Balaban J connectivity index is 2.97. The first kappa shape index (κ1) is 10.3. The van der Waals surface area contributed by atoms with Gasteiger partial charge in [0, 0.05) is 12.1 Å². The van der Waals surface area contributed by atoms with Gasteiger partial charge < -0.3 is 9.84 Å². The van der Waals surface area contributed by atoms with Crippen molar-refractivity contribution >= 4 is 5.69 Å². The van der Waals surface area contributed by atoms with E-state index in [1.165, 1.54) is 18.2 Å². The second kappa shape index (κ2) is 4.45. The Morgan fingerprint density at radius 2 is 2.29 bits per heavy atom. The van der Waals surface area contributed by atoms with E-state index in [4.69, 9.17) is 9.84 Å². The van der Waals surface area contributed by atoms with Crippen molar-refractivity contribution in [2.45, 2.75) is 13.3 Å². The van der Waals surface area contributed by atoms with Crippen LogP contribution in [0.25, 0.3) is 0 Å². The number of hydrogen-bond acceptors (Lipinski definition) is 4. The minimum absolute atomic E-state index is 0.0401. The summed E-state index contributed by atoms with van der Waals surface area (Å²) in [5.41, 5.74) is -0.128. The molecular weight excluding hydrogens is 186 g/mol. The largest absolute Gasteiger partial charge is 0.508 e. The Bertz CT molecular complexity index is 338. The highest BCUT2D eigenvalue weighted by Gasteiger charge is 2.14. The van der Waals surface area contributed by atoms with Gasteiger partial charge in [0.2, 0.25) is 5.75 Å². The smallest absolute Gasteiger partial charge is 0.311 e. The van der Waals surface area contributed by atoms with Crippen LogP contribution < -0.4 is 4.74 Å². The molecule has 0 amide bonds. The third kappa shape index (κ3) is 2.35. The van der Waals surface area contributed by atoms with Gasteiger partial charge in [-0.15, -0.1) is 0 Å². The van der Waals surface area contributed by atoms with Gasteiger partial charge >= 0.3 is 5.69 Å². The van der Waals surface area contributed by atoms with Crippen LogP contribution in [0.1, 0.15) is 13.3 Å². The second-order valence-corrected chi connectivity index (χ2v) is 2.76. The summed E-state index contributed by atoms with van der Waals surface area (Å²) in [4.78, 5) is 10.0. The zero-order valence-electron chi connectivity index (χ0n) is 7.77. The predicted molar refractivity (Wildman–Crippen MR) is 50.5 cm³/mol. The average Bonchev–Trinajstić information content (AvgIpc) is 2.14. The second-order valence-electron chi connectivity index (χ2n) is 2.76. The molecule has 1 aromatic carbocycles. The lowest BCUT2D eigenvalue weighted by Gasteiger charge is -2.05. The molecule has 0 aliphatic carbocycles. The molecule has 0 saturated carbocycles. The third-order valence-electron chi connectivity index (χ3n) is 1.60. The topological polar surface area (TPSA) is 72.6 Å². The SMILES string of the molecule is CCCOc1cc(O)ccc1[N+](=O)[O-]. The standard InChI is InChI=1S/C9H11NO4/c1-2-5-14-9-6-7(11)3-4-8(9)10(12)13/h3-4,6,11H,2,5H2,1H3. The number of rotatable bonds is 4. The number of phenolic OH excluding ortho intramolecular Hbond substituents is 1. The van der Waals surface area contributed by atoms with Crippen LogP contribution in [0.2, 0.25) is 0 Å². The molecule has 0 aromatic heterocycles. The molecule has 1 aromatic rings. The first-order valence-electron chi connectivity index (χ1n) is 4.25. The highest BCUT2D eigenvalue weighted by atomic mass is 16.6. The molecule has 1 N–H and O–H groups in total. The van der Waals surface area contributed by atoms with Crippen LogP contribution in [0.3, 0.4) is 0 Å². The predicted octanol–water partition coefficient (Wildman–Crippen LogP) is 2.09. The van der Waals surface area contributed by atoms with Crippen LogP contribution in [0.15, 0.2) is 18.2 Å². The molecule has 1 rings (SSSR count). The van der Waals surface area contributed by atoms with E-state index in [0.29, 0.717) is 6.61 Å². The van der Waals surface area contributed by atoms with E-state index in [1.807, 2.05) is 6.92 Å². The minimum Gasteiger partial charge on any atom is -0.508 e.